The summed E-state index contributed by atoms with van der Waals surface area (Å²) in [6.45, 7) is 3.95. The summed E-state index contributed by atoms with van der Waals surface area (Å²) in [5.74, 6) is 0. The van der Waals surface area contributed by atoms with E-state index in [1.807, 2.05) is 0 Å². The van der Waals surface area contributed by atoms with Crippen LogP contribution in [0, 0.1) is 0 Å². The molecule has 0 aliphatic heterocycles. The van der Waals surface area contributed by atoms with Crippen molar-refractivity contribution in [2.75, 3.05) is 0 Å². The average Bonchev–Trinajstić information content (AvgIpc) is 2.19. The van der Waals surface area contributed by atoms with Crippen LogP contribution in [0.4, 0.5) is 0 Å². The number of hydrogen-bond acceptors (Lipinski definition) is 2. The summed E-state index contributed by atoms with van der Waals surface area (Å²) in [7, 11) is 0. The van der Waals surface area contributed by atoms with Gasteiger partial charge in [0.05, 0.1) is 6.54 Å². The lowest BCUT2D eigenvalue weighted by atomic mass is 10.6. The van der Waals surface area contributed by atoms with E-state index in [0.717, 1.165) is 11.5 Å². The van der Waals surface area contributed by atoms with Crippen LogP contribution in [0.3, 0.4) is 0 Å². The second-order valence-electron chi connectivity index (χ2n) is 1.83. The maximum atomic E-state index is 11.1. The van der Waals surface area contributed by atoms with Crippen LogP contribution >= 0.6 is 34.7 Å². The summed E-state index contributed by atoms with van der Waals surface area (Å²) in [5, 5.41) is 0.0958. The molecule has 0 spiro atoms. The van der Waals surface area contributed by atoms with E-state index in [9.17, 15) is 4.79 Å². The minimum Gasteiger partial charge on any atom is -0.267 e. The van der Waals surface area contributed by atoms with Crippen molar-refractivity contribution in [3.63, 3.8) is 0 Å². The maximum absolute atomic E-state index is 11.1. The van der Waals surface area contributed by atoms with Crippen molar-refractivity contribution < 1.29 is 0 Å². The highest BCUT2D eigenvalue weighted by Gasteiger charge is 2.08. The van der Waals surface area contributed by atoms with Crippen LogP contribution in [0.5, 0.6) is 0 Å². The molecule has 0 aliphatic carbocycles. The first-order chi connectivity index (χ1) is 5.16. The van der Waals surface area contributed by atoms with Crippen molar-refractivity contribution in [1.82, 2.24) is 3.96 Å². The molecule has 0 aromatic carbocycles. The molecule has 60 valence electrons. The fourth-order valence-corrected chi connectivity index (χ4v) is 1.91. The van der Waals surface area contributed by atoms with Gasteiger partial charge in [-0.15, -0.1) is 6.58 Å². The summed E-state index contributed by atoms with van der Waals surface area (Å²) in [6.07, 6.45) is 1.62. The summed E-state index contributed by atoms with van der Waals surface area (Å²) in [5.41, 5.74) is -0.249. The van der Waals surface area contributed by atoms with E-state index in [1.165, 1.54) is 3.96 Å². The van der Waals surface area contributed by atoms with Gasteiger partial charge in [0.2, 0.25) is 0 Å². The molecule has 0 aliphatic rings. The number of halogens is 2. The van der Waals surface area contributed by atoms with Crippen molar-refractivity contribution >= 4 is 34.7 Å². The third-order valence-electron chi connectivity index (χ3n) is 1.07. The number of nitrogens with zero attached hydrogens (tertiary/aromatic N) is 1. The zero-order valence-electron chi connectivity index (χ0n) is 5.51. The van der Waals surface area contributed by atoms with Gasteiger partial charge in [0.25, 0.3) is 5.56 Å². The zero-order chi connectivity index (χ0) is 8.43. The van der Waals surface area contributed by atoms with Crippen molar-refractivity contribution in [3.05, 3.63) is 32.4 Å². The molecular weight excluding hydrogens is 205 g/mol. The fourth-order valence-electron chi connectivity index (χ4n) is 0.609. The number of aromatic nitrogens is 1. The van der Waals surface area contributed by atoms with Crippen molar-refractivity contribution in [3.8, 4) is 0 Å². The molecule has 0 amide bonds. The molecule has 1 heterocycles. The fraction of sp³-hybridized carbons (Fsp3) is 0.167. The van der Waals surface area contributed by atoms with Gasteiger partial charge >= 0.3 is 0 Å². The topological polar surface area (TPSA) is 22.0 Å². The molecule has 1 aromatic heterocycles. The Kier molecular flexibility index (Phi) is 2.76. The van der Waals surface area contributed by atoms with Crippen LogP contribution in [0.15, 0.2) is 17.4 Å². The highest BCUT2D eigenvalue weighted by atomic mass is 35.5. The highest BCUT2D eigenvalue weighted by Crippen LogP contribution is 2.22. The third kappa shape index (κ3) is 1.67. The van der Waals surface area contributed by atoms with E-state index in [0.29, 0.717) is 10.9 Å². The highest BCUT2D eigenvalue weighted by molar-refractivity contribution is 7.11. The van der Waals surface area contributed by atoms with Gasteiger partial charge in [-0.3, -0.25) is 8.75 Å². The van der Waals surface area contributed by atoms with E-state index < -0.39 is 0 Å². The van der Waals surface area contributed by atoms with Crippen LogP contribution in [-0.4, -0.2) is 3.96 Å². The molecule has 0 bridgehead atoms. The normalized spacial score (nSPS) is 10.0. The minimum atomic E-state index is -0.249. The first-order valence-electron chi connectivity index (χ1n) is 2.83. The van der Waals surface area contributed by atoms with Gasteiger partial charge < -0.3 is 0 Å². The van der Waals surface area contributed by atoms with E-state index >= 15 is 0 Å². The summed E-state index contributed by atoms with van der Waals surface area (Å²) < 4.78 is 1.77. The van der Waals surface area contributed by atoms with Gasteiger partial charge in [-0.25, -0.2) is 0 Å². The van der Waals surface area contributed by atoms with Gasteiger partial charge in [-0.1, -0.05) is 29.3 Å². The minimum absolute atomic E-state index is 0.0958. The Labute approximate surface area is 77.8 Å². The van der Waals surface area contributed by atoms with Crippen LogP contribution in [0.1, 0.15) is 0 Å². The Morgan fingerprint density at radius 2 is 2.27 bits per heavy atom. The van der Waals surface area contributed by atoms with Crippen molar-refractivity contribution in [2.24, 2.45) is 0 Å². The smallest absolute Gasteiger partial charge is 0.267 e. The molecule has 0 atom stereocenters. The van der Waals surface area contributed by atoms with Crippen LogP contribution in [-0.2, 0) is 6.54 Å². The first-order valence-corrected chi connectivity index (χ1v) is 4.35. The monoisotopic (exact) mass is 209 g/mol. The van der Waals surface area contributed by atoms with Crippen LogP contribution in [0.2, 0.25) is 9.36 Å². The number of rotatable bonds is 2. The molecule has 0 fully saturated rings. The lowest BCUT2D eigenvalue weighted by Gasteiger charge is -1.89. The zero-order valence-corrected chi connectivity index (χ0v) is 7.84. The average molecular weight is 210 g/mol. The lowest BCUT2D eigenvalue weighted by molar-refractivity contribution is 0.879. The Bertz CT molecular complexity index is 328. The number of allylic oxidation sites excluding steroid dienone is 1. The first kappa shape index (κ1) is 8.84. The molecule has 0 saturated heterocycles. The summed E-state index contributed by atoms with van der Waals surface area (Å²) in [4.78, 5) is 11.1. The van der Waals surface area contributed by atoms with E-state index in [4.69, 9.17) is 23.2 Å². The molecule has 11 heavy (non-hydrogen) atoms. The van der Waals surface area contributed by atoms with Crippen LogP contribution < -0.4 is 5.56 Å². The quantitative estimate of drug-likeness (QED) is 0.687. The molecule has 0 saturated carbocycles. The van der Waals surface area contributed by atoms with E-state index in [2.05, 4.69) is 6.58 Å². The Hall–Kier alpha value is -0.250. The number of hydrogen-bond donors (Lipinski definition) is 0. The standard InChI is InChI=1S/C6H5Cl2NOS/c1-2-3-9-6(10)4(7)5(8)11-9/h2H,1,3H2. The Morgan fingerprint density at radius 3 is 2.64 bits per heavy atom. The molecular formula is C6H5Cl2NOS. The SMILES string of the molecule is C=CCn1sc(Cl)c(Cl)c1=O. The van der Waals surface area contributed by atoms with Gasteiger partial charge in [0, 0.05) is 0 Å². The van der Waals surface area contributed by atoms with E-state index in [-0.39, 0.29) is 10.6 Å². The van der Waals surface area contributed by atoms with Gasteiger partial charge in [0.1, 0.15) is 9.36 Å². The second kappa shape index (κ2) is 3.43. The summed E-state index contributed by atoms with van der Waals surface area (Å²) >= 11 is 12.3. The lowest BCUT2D eigenvalue weighted by Crippen LogP contribution is -2.11. The molecule has 2 nitrogen and oxygen atoms in total. The molecule has 0 unspecified atom stereocenters. The third-order valence-corrected chi connectivity index (χ3v) is 2.93. The van der Waals surface area contributed by atoms with Crippen LogP contribution in [0.25, 0.3) is 0 Å². The molecule has 5 heteroatoms. The van der Waals surface area contributed by atoms with E-state index in [1.54, 1.807) is 6.08 Å². The largest absolute Gasteiger partial charge is 0.281 e. The molecule has 1 aromatic rings. The maximum Gasteiger partial charge on any atom is 0.281 e. The predicted octanol–water partition coefficient (Wildman–Crippen LogP) is 2.40. The molecule has 1 rings (SSSR count). The summed E-state index contributed by atoms with van der Waals surface area (Å²) in [6, 6.07) is 0. The molecule has 0 N–H and O–H groups in total. The Morgan fingerprint density at radius 1 is 1.64 bits per heavy atom. The van der Waals surface area contributed by atoms with Crippen molar-refractivity contribution in [2.45, 2.75) is 6.54 Å². The van der Waals surface area contributed by atoms with Crippen molar-refractivity contribution in [1.29, 1.82) is 0 Å². The van der Waals surface area contributed by atoms with Gasteiger partial charge in [-0.2, -0.15) is 0 Å². The predicted molar refractivity (Wildman–Crippen MR) is 48.8 cm³/mol. The second-order valence-corrected chi connectivity index (χ2v) is 3.85. The van der Waals surface area contributed by atoms with Gasteiger partial charge in [-0.05, 0) is 11.5 Å². The molecule has 0 radical (unpaired) electrons. The van der Waals surface area contributed by atoms with Gasteiger partial charge in [0.15, 0.2) is 0 Å². The Balaban J connectivity index is 3.18.